The molecule has 0 bridgehead atoms. The first kappa shape index (κ1) is 17.2. The molecule has 114 valence electrons. The Morgan fingerprint density at radius 3 is 2.05 bits per heavy atom. The maximum atomic E-state index is 6.30. The minimum Gasteiger partial charge on any atom is -0.394 e. The Balaban J connectivity index is 2.68. The highest BCUT2D eigenvalue weighted by Gasteiger charge is 2.49. The van der Waals surface area contributed by atoms with E-state index in [0.717, 1.165) is 24.7 Å². The van der Waals surface area contributed by atoms with Gasteiger partial charge in [0, 0.05) is 18.8 Å². The highest BCUT2D eigenvalue weighted by atomic mass is 28.4. The molecule has 0 heterocycles. The van der Waals surface area contributed by atoms with Crippen molar-refractivity contribution in [2.45, 2.75) is 84.2 Å². The van der Waals surface area contributed by atoms with Crippen molar-refractivity contribution in [3.63, 3.8) is 0 Å². The van der Waals surface area contributed by atoms with Gasteiger partial charge in [0.1, 0.15) is 0 Å². The van der Waals surface area contributed by atoms with E-state index in [9.17, 15) is 0 Å². The topological polar surface area (TPSA) is 18.5 Å². The van der Waals surface area contributed by atoms with Gasteiger partial charge in [-0.15, -0.1) is 0 Å². The maximum Gasteiger partial charge on any atom is 0.341 e. The third-order valence-electron chi connectivity index (χ3n) is 4.62. The number of unbranched alkanes of at least 4 members (excludes halogenated alkanes) is 1. The van der Waals surface area contributed by atoms with Crippen LogP contribution in [0.25, 0.3) is 0 Å². The number of hydrogen-bond acceptors (Lipinski definition) is 2. The highest BCUT2D eigenvalue weighted by Crippen LogP contribution is 2.46. The molecule has 0 aromatic heterocycles. The van der Waals surface area contributed by atoms with Crippen LogP contribution in [0.2, 0.25) is 11.6 Å². The lowest BCUT2D eigenvalue weighted by Crippen LogP contribution is -2.50. The predicted octanol–water partition coefficient (Wildman–Crippen LogP) is 5.27. The van der Waals surface area contributed by atoms with Gasteiger partial charge >= 0.3 is 8.56 Å². The van der Waals surface area contributed by atoms with Crippen LogP contribution in [0.15, 0.2) is 0 Å². The van der Waals surface area contributed by atoms with Crippen LogP contribution in [0.4, 0.5) is 0 Å². The quantitative estimate of drug-likeness (QED) is 0.482. The minimum absolute atomic E-state index is 0.767. The first-order valence-corrected chi connectivity index (χ1v) is 10.6. The molecular formula is C16H34O2Si. The second kappa shape index (κ2) is 9.14. The van der Waals surface area contributed by atoms with Crippen molar-refractivity contribution in [1.82, 2.24) is 0 Å². The molecule has 0 aliphatic heterocycles. The largest absolute Gasteiger partial charge is 0.394 e. The normalized spacial score (nSPS) is 18.3. The molecule has 0 aromatic carbocycles. The van der Waals surface area contributed by atoms with E-state index in [1.165, 1.54) is 51.0 Å². The molecule has 0 N–H and O–H groups in total. The lowest BCUT2D eigenvalue weighted by atomic mass is 9.99. The summed E-state index contributed by atoms with van der Waals surface area (Å²) < 4.78 is 12.6. The van der Waals surface area contributed by atoms with Crippen LogP contribution in [0.5, 0.6) is 0 Å². The molecule has 1 unspecified atom stereocenters. The van der Waals surface area contributed by atoms with Gasteiger partial charge in [0.25, 0.3) is 0 Å². The van der Waals surface area contributed by atoms with Crippen LogP contribution in [0.3, 0.4) is 0 Å². The SMILES string of the molecule is CCCCC(CC)C[Si](OCC)(OCC)C1CCC1. The van der Waals surface area contributed by atoms with Gasteiger partial charge in [0.15, 0.2) is 0 Å². The van der Waals surface area contributed by atoms with Gasteiger partial charge < -0.3 is 8.85 Å². The van der Waals surface area contributed by atoms with Crippen molar-refractivity contribution in [2.75, 3.05) is 13.2 Å². The molecule has 1 rings (SSSR count). The van der Waals surface area contributed by atoms with Gasteiger partial charge in [-0.05, 0) is 38.7 Å². The molecule has 1 aliphatic rings. The van der Waals surface area contributed by atoms with E-state index >= 15 is 0 Å². The van der Waals surface area contributed by atoms with Crippen molar-refractivity contribution in [3.8, 4) is 0 Å². The summed E-state index contributed by atoms with van der Waals surface area (Å²) in [4.78, 5) is 0. The van der Waals surface area contributed by atoms with E-state index in [-0.39, 0.29) is 0 Å². The van der Waals surface area contributed by atoms with Gasteiger partial charge in [-0.25, -0.2) is 0 Å². The fraction of sp³-hybridized carbons (Fsp3) is 1.00. The Morgan fingerprint density at radius 2 is 1.68 bits per heavy atom. The van der Waals surface area contributed by atoms with E-state index < -0.39 is 8.56 Å². The Labute approximate surface area is 121 Å². The summed E-state index contributed by atoms with van der Waals surface area (Å²) in [6.45, 7) is 10.5. The minimum atomic E-state index is -1.95. The molecule has 1 atom stereocenters. The van der Waals surface area contributed by atoms with Gasteiger partial charge in [-0.3, -0.25) is 0 Å². The van der Waals surface area contributed by atoms with Crippen LogP contribution < -0.4 is 0 Å². The van der Waals surface area contributed by atoms with Crippen LogP contribution in [-0.2, 0) is 8.85 Å². The van der Waals surface area contributed by atoms with Gasteiger partial charge in [-0.1, -0.05) is 46.0 Å². The van der Waals surface area contributed by atoms with Crippen molar-refractivity contribution in [3.05, 3.63) is 0 Å². The first-order valence-electron chi connectivity index (χ1n) is 8.50. The zero-order valence-electron chi connectivity index (χ0n) is 13.5. The summed E-state index contributed by atoms with van der Waals surface area (Å²) in [5, 5.41) is 0. The van der Waals surface area contributed by atoms with Crippen molar-refractivity contribution in [2.24, 2.45) is 5.92 Å². The third kappa shape index (κ3) is 4.87. The van der Waals surface area contributed by atoms with Gasteiger partial charge in [0.05, 0.1) is 0 Å². The van der Waals surface area contributed by atoms with E-state index in [1.54, 1.807) is 0 Å². The maximum absolute atomic E-state index is 6.30. The molecule has 1 saturated carbocycles. The summed E-state index contributed by atoms with van der Waals surface area (Å²) in [6.07, 6.45) is 9.36. The van der Waals surface area contributed by atoms with E-state index in [2.05, 4.69) is 27.7 Å². The average Bonchev–Trinajstić information content (AvgIpc) is 2.33. The summed E-state index contributed by atoms with van der Waals surface area (Å²) >= 11 is 0. The molecule has 19 heavy (non-hydrogen) atoms. The molecule has 0 amide bonds. The molecular weight excluding hydrogens is 252 g/mol. The Kier molecular flexibility index (Phi) is 8.27. The van der Waals surface area contributed by atoms with Crippen molar-refractivity contribution < 1.29 is 8.85 Å². The van der Waals surface area contributed by atoms with Crippen LogP contribution in [0, 0.1) is 5.92 Å². The molecule has 0 radical (unpaired) electrons. The smallest absolute Gasteiger partial charge is 0.341 e. The van der Waals surface area contributed by atoms with Crippen molar-refractivity contribution in [1.29, 1.82) is 0 Å². The van der Waals surface area contributed by atoms with Crippen LogP contribution >= 0.6 is 0 Å². The second-order valence-corrected chi connectivity index (χ2v) is 9.35. The highest BCUT2D eigenvalue weighted by molar-refractivity contribution is 6.69. The fourth-order valence-corrected chi connectivity index (χ4v) is 7.93. The molecule has 1 fully saturated rings. The second-order valence-electron chi connectivity index (χ2n) is 5.93. The lowest BCUT2D eigenvalue weighted by molar-refractivity contribution is 0.151. The van der Waals surface area contributed by atoms with E-state index in [4.69, 9.17) is 8.85 Å². The average molecular weight is 287 g/mol. The number of rotatable bonds is 11. The summed E-state index contributed by atoms with van der Waals surface area (Å²) in [6, 6.07) is 1.23. The summed E-state index contributed by atoms with van der Waals surface area (Å²) in [5.41, 5.74) is 0.767. The Morgan fingerprint density at radius 1 is 1.05 bits per heavy atom. The van der Waals surface area contributed by atoms with E-state index in [1.807, 2.05) is 0 Å². The zero-order chi connectivity index (χ0) is 14.1. The third-order valence-corrected chi connectivity index (χ3v) is 9.14. The van der Waals surface area contributed by atoms with Gasteiger partial charge in [0.2, 0.25) is 0 Å². The van der Waals surface area contributed by atoms with Gasteiger partial charge in [-0.2, -0.15) is 0 Å². The zero-order valence-corrected chi connectivity index (χ0v) is 14.5. The standard InChI is InChI=1S/C16H34O2Si/c1-5-9-11-15(6-2)14-19(17-7-3,18-8-4)16-12-10-13-16/h15-16H,5-14H2,1-4H3. The Bertz CT molecular complexity index is 223. The lowest BCUT2D eigenvalue weighted by Gasteiger charge is -2.43. The molecule has 0 aromatic rings. The summed E-state index contributed by atoms with van der Waals surface area (Å²) in [5.74, 6) is 0.810. The predicted molar refractivity (Wildman–Crippen MR) is 84.7 cm³/mol. The van der Waals surface area contributed by atoms with Crippen LogP contribution in [-0.4, -0.2) is 21.8 Å². The molecule has 2 nitrogen and oxygen atoms in total. The van der Waals surface area contributed by atoms with E-state index in [0.29, 0.717) is 0 Å². The molecule has 0 spiro atoms. The number of hydrogen-bond donors (Lipinski definition) is 0. The monoisotopic (exact) mass is 286 g/mol. The summed E-state index contributed by atoms with van der Waals surface area (Å²) in [7, 11) is -1.95. The van der Waals surface area contributed by atoms with Crippen LogP contribution in [0.1, 0.15) is 72.6 Å². The molecule has 0 saturated heterocycles. The molecule has 3 heteroatoms. The Hall–Kier alpha value is 0.137. The fourth-order valence-electron chi connectivity index (χ4n) is 3.24. The van der Waals surface area contributed by atoms with Crippen molar-refractivity contribution >= 4 is 8.56 Å². The molecule has 1 aliphatic carbocycles. The first-order chi connectivity index (χ1) is 9.22.